The number of aliphatic hydroxyl groups is 1. The largest absolute Gasteiger partial charge is 0.469 e. The second kappa shape index (κ2) is 17.0. The van der Waals surface area contributed by atoms with Crippen LogP contribution >= 0.6 is 0 Å². The summed E-state index contributed by atoms with van der Waals surface area (Å²) in [5, 5.41) is 10.4. The Kier molecular flexibility index (Phi) is 12.8. The smallest absolute Gasteiger partial charge is 0.305 e. The van der Waals surface area contributed by atoms with Crippen molar-refractivity contribution in [2.45, 2.75) is 82.4 Å². The van der Waals surface area contributed by atoms with E-state index in [0.717, 1.165) is 36.0 Å². The van der Waals surface area contributed by atoms with Gasteiger partial charge in [-0.05, 0) is 29.5 Å². The van der Waals surface area contributed by atoms with Crippen LogP contribution in [-0.4, -0.2) is 55.3 Å². The third kappa shape index (κ3) is 9.76. The van der Waals surface area contributed by atoms with E-state index < -0.39 is 24.4 Å². The van der Waals surface area contributed by atoms with Gasteiger partial charge >= 0.3 is 5.97 Å². The molecule has 0 saturated carbocycles. The van der Waals surface area contributed by atoms with E-state index in [4.69, 9.17) is 23.7 Å². The molecule has 1 N–H and O–H groups in total. The number of rotatable bonds is 16. The first-order chi connectivity index (χ1) is 20.2. The fraction of sp³-hybridized carbons (Fsp3) is 0.441. The van der Waals surface area contributed by atoms with Gasteiger partial charge in [-0.3, -0.25) is 4.79 Å². The minimum absolute atomic E-state index is 0.198. The molecule has 1 aliphatic heterocycles. The van der Waals surface area contributed by atoms with Gasteiger partial charge in [-0.15, -0.1) is 0 Å². The summed E-state index contributed by atoms with van der Waals surface area (Å²) in [5.41, 5.74) is 3.13. The van der Waals surface area contributed by atoms with Crippen molar-refractivity contribution in [1.29, 1.82) is 0 Å². The van der Waals surface area contributed by atoms with Crippen LogP contribution in [0.3, 0.4) is 0 Å². The number of carbonyl (C=O) groups is 1. The molecule has 5 atom stereocenters. The Labute approximate surface area is 243 Å². The fourth-order valence-electron chi connectivity index (χ4n) is 5.16. The van der Waals surface area contributed by atoms with Crippen LogP contribution in [0.25, 0.3) is 0 Å². The summed E-state index contributed by atoms with van der Waals surface area (Å²) in [6.45, 7) is 0.940. The van der Waals surface area contributed by atoms with Gasteiger partial charge in [0.2, 0.25) is 0 Å². The highest BCUT2D eigenvalue weighted by atomic mass is 16.6. The van der Waals surface area contributed by atoms with E-state index in [9.17, 15) is 9.90 Å². The van der Waals surface area contributed by atoms with E-state index in [-0.39, 0.29) is 18.7 Å². The predicted molar refractivity (Wildman–Crippen MR) is 156 cm³/mol. The Bertz CT molecular complexity index is 1130. The minimum atomic E-state index is -0.573. The normalized spacial score (nSPS) is 22.3. The summed E-state index contributed by atoms with van der Waals surface area (Å²) >= 11 is 0. The average Bonchev–Trinajstić information content (AvgIpc) is 3.03. The summed E-state index contributed by atoms with van der Waals surface area (Å²) in [6, 6.07) is 30.0. The number of carbonyl (C=O) groups excluding carboxylic acids is 1. The molecule has 1 fully saturated rings. The molecule has 3 aromatic carbocycles. The fourth-order valence-corrected chi connectivity index (χ4v) is 5.16. The van der Waals surface area contributed by atoms with Crippen LogP contribution in [0.1, 0.15) is 48.8 Å². The topological polar surface area (TPSA) is 83.5 Å². The Morgan fingerprint density at radius 3 is 1.59 bits per heavy atom. The lowest BCUT2D eigenvalue weighted by molar-refractivity contribution is -0.271. The number of unbranched alkanes of at least 4 members (excludes halogenated alkanes) is 2. The van der Waals surface area contributed by atoms with Crippen LogP contribution in [0, 0.1) is 0 Å². The second-order valence-corrected chi connectivity index (χ2v) is 10.4. The van der Waals surface area contributed by atoms with Crippen molar-refractivity contribution in [3.8, 4) is 0 Å². The molecule has 0 bridgehead atoms. The Morgan fingerprint density at radius 2 is 1.12 bits per heavy atom. The summed E-state index contributed by atoms with van der Waals surface area (Å²) in [4.78, 5) is 11.5. The number of hydrogen-bond donors (Lipinski definition) is 1. The van der Waals surface area contributed by atoms with Crippen LogP contribution < -0.4 is 0 Å². The lowest BCUT2D eigenvalue weighted by Crippen LogP contribution is -2.61. The zero-order chi connectivity index (χ0) is 28.7. The molecule has 1 aliphatic rings. The Hall–Kier alpha value is -3.07. The Balaban J connectivity index is 1.54. The maximum Gasteiger partial charge on any atom is 0.305 e. The highest BCUT2D eigenvalue weighted by Crippen LogP contribution is 2.32. The van der Waals surface area contributed by atoms with Gasteiger partial charge in [0.25, 0.3) is 0 Å². The highest BCUT2D eigenvalue weighted by molar-refractivity contribution is 5.68. The number of benzene rings is 3. The molecule has 41 heavy (non-hydrogen) atoms. The summed E-state index contributed by atoms with van der Waals surface area (Å²) < 4.78 is 30.9. The van der Waals surface area contributed by atoms with E-state index in [1.807, 2.05) is 91.0 Å². The molecular formula is C34H42O7. The molecule has 0 spiro atoms. The molecule has 4 rings (SSSR count). The molecule has 7 nitrogen and oxygen atoms in total. The van der Waals surface area contributed by atoms with Gasteiger partial charge in [-0.1, -0.05) is 104 Å². The van der Waals surface area contributed by atoms with Crippen molar-refractivity contribution in [2.24, 2.45) is 0 Å². The van der Waals surface area contributed by atoms with Gasteiger partial charge in [-0.2, -0.15) is 0 Å². The first-order valence-corrected chi connectivity index (χ1v) is 14.5. The van der Waals surface area contributed by atoms with Crippen LogP contribution in [0.15, 0.2) is 91.0 Å². The third-order valence-electron chi connectivity index (χ3n) is 7.36. The first-order valence-electron chi connectivity index (χ1n) is 14.5. The van der Waals surface area contributed by atoms with Gasteiger partial charge in [0, 0.05) is 6.42 Å². The predicted octanol–water partition coefficient (Wildman–Crippen LogP) is 5.63. The zero-order valence-corrected chi connectivity index (χ0v) is 23.8. The molecule has 3 aromatic rings. The van der Waals surface area contributed by atoms with Crippen molar-refractivity contribution in [3.05, 3.63) is 108 Å². The number of aliphatic hydroxyl groups excluding tert-OH is 1. The van der Waals surface area contributed by atoms with Crippen molar-refractivity contribution in [3.63, 3.8) is 0 Å². The van der Waals surface area contributed by atoms with E-state index >= 15 is 0 Å². The minimum Gasteiger partial charge on any atom is -0.469 e. The highest BCUT2D eigenvalue weighted by Gasteiger charge is 2.47. The first kappa shape index (κ1) is 30.9. The van der Waals surface area contributed by atoms with Crippen LogP contribution in [0.5, 0.6) is 0 Å². The summed E-state index contributed by atoms with van der Waals surface area (Å²) in [6.07, 6.45) is 1.20. The zero-order valence-electron chi connectivity index (χ0n) is 23.8. The van der Waals surface area contributed by atoms with Crippen molar-refractivity contribution in [1.82, 2.24) is 0 Å². The summed E-state index contributed by atoms with van der Waals surface area (Å²) in [5.74, 6) is -0.198. The Morgan fingerprint density at radius 1 is 0.659 bits per heavy atom. The van der Waals surface area contributed by atoms with Gasteiger partial charge < -0.3 is 28.8 Å². The van der Waals surface area contributed by atoms with Crippen LogP contribution in [0.2, 0.25) is 0 Å². The molecule has 1 heterocycles. The molecule has 7 heteroatoms. The van der Waals surface area contributed by atoms with Gasteiger partial charge in [0.1, 0.15) is 24.4 Å². The van der Waals surface area contributed by atoms with E-state index in [0.29, 0.717) is 32.7 Å². The van der Waals surface area contributed by atoms with E-state index in [1.165, 1.54) is 7.11 Å². The van der Waals surface area contributed by atoms with Crippen molar-refractivity contribution in [2.75, 3.05) is 13.7 Å². The molecule has 0 aliphatic carbocycles. The third-order valence-corrected chi connectivity index (χ3v) is 7.36. The number of methoxy groups -OCH3 is 1. The standard InChI is InChI=1S/C34H42O7/c1-37-31(36)21-13-5-12-20-29-32(38-23-26-14-6-2-7-15-26)34(40-25-28-18-10-4-11-19-28)33(30(22-35)41-29)39-24-27-16-8-3-9-17-27/h2-4,6-11,14-19,29-30,32-35H,5,12-13,20-25H2,1H3/t29-,30-,32+,33+,34-/m1/s1. The quantitative estimate of drug-likeness (QED) is 0.179. The summed E-state index contributed by atoms with van der Waals surface area (Å²) in [7, 11) is 1.41. The molecule has 220 valence electrons. The van der Waals surface area contributed by atoms with E-state index in [2.05, 4.69) is 0 Å². The number of ether oxygens (including phenoxy) is 5. The monoisotopic (exact) mass is 562 g/mol. The van der Waals surface area contributed by atoms with Gasteiger partial charge in [0.15, 0.2) is 0 Å². The van der Waals surface area contributed by atoms with Crippen LogP contribution in [-0.2, 0) is 48.3 Å². The van der Waals surface area contributed by atoms with Gasteiger partial charge in [0.05, 0.1) is 39.6 Å². The number of hydrogen-bond acceptors (Lipinski definition) is 7. The SMILES string of the molecule is COC(=O)CCCCC[C@H]1O[C@H](CO)[C@H](OCc2ccccc2)[C@H](OCc2ccccc2)[C@H]1OCc1ccccc1. The van der Waals surface area contributed by atoms with Crippen LogP contribution in [0.4, 0.5) is 0 Å². The lowest BCUT2D eigenvalue weighted by Gasteiger charge is -2.46. The average molecular weight is 563 g/mol. The second-order valence-electron chi connectivity index (χ2n) is 10.4. The molecular weight excluding hydrogens is 520 g/mol. The number of esters is 1. The van der Waals surface area contributed by atoms with Crippen molar-refractivity contribution >= 4 is 5.97 Å². The maximum atomic E-state index is 11.5. The molecule has 0 amide bonds. The van der Waals surface area contributed by atoms with E-state index in [1.54, 1.807) is 0 Å². The molecule has 0 unspecified atom stereocenters. The van der Waals surface area contributed by atoms with Gasteiger partial charge in [-0.25, -0.2) is 0 Å². The lowest BCUT2D eigenvalue weighted by atomic mass is 9.91. The van der Waals surface area contributed by atoms with Crippen molar-refractivity contribution < 1.29 is 33.6 Å². The molecule has 1 saturated heterocycles. The molecule has 0 radical (unpaired) electrons. The maximum absolute atomic E-state index is 11.5. The molecule has 0 aromatic heterocycles.